The van der Waals surface area contributed by atoms with Crippen LogP contribution in [0.5, 0.6) is 0 Å². The molecule has 0 radical (unpaired) electrons. The molecule has 1 heterocycles. The van der Waals surface area contributed by atoms with Gasteiger partial charge in [0.1, 0.15) is 0 Å². The Hall–Kier alpha value is -1.71. The minimum atomic E-state index is 0.0664. The van der Waals surface area contributed by atoms with E-state index in [1.54, 1.807) is 23.1 Å². The summed E-state index contributed by atoms with van der Waals surface area (Å²) in [4.78, 5) is 13.9. The lowest BCUT2D eigenvalue weighted by Crippen LogP contribution is -2.25. The molecule has 0 bridgehead atoms. The van der Waals surface area contributed by atoms with E-state index in [4.69, 9.17) is 28.9 Å². The van der Waals surface area contributed by atoms with Crippen LogP contribution < -0.4 is 10.6 Å². The Labute approximate surface area is 126 Å². The molecule has 1 aliphatic rings. The van der Waals surface area contributed by atoms with Gasteiger partial charge in [-0.2, -0.15) is 0 Å². The number of nitrogens with two attached hydrogens (primary N) is 1. The summed E-state index contributed by atoms with van der Waals surface area (Å²) in [7, 11) is 0. The molecule has 102 valence electrons. The monoisotopic (exact) mass is 306 g/mol. The highest BCUT2D eigenvalue weighted by Gasteiger charge is 2.27. The molecule has 0 atom stereocenters. The molecular weight excluding hydrogens is 295 g/mol. The Morgan fingerprint density at radius 1 is 1.10 bits per heavy atom. The first kappa shape index (κ1) is 13.3. The number of carbonyl (C=O) groups is 1. The van der Waals surface area contributed by atoms with E-state index in [1.807, 2.05) is 18.2 Å². The van der Waals surface area contributed by atoms with E-state index >= 15 is 0 Å². The Kier molecular flexibility index (Phi) is 3.32. The van der Waals surface area contributed by atoms with Gasteiger partial charge in [-0.3, -0.25) is 4.79 Å². The molecule has 3 nitrogen and oxygen atoms in total. The minimum Gasteiger partial charge on any atom is -0.399 e. The van der Waals surface area contributed by atoms with Crippen LogP contribution in [0.3, 0.4) is 0 Å². The maximum atomic E-state index is 12.1. The van der Waals surface area contributed by atoms with E-state index in [0.717, 1.165) is 16.8 Å². The van der Waals surface area contributed by atoms with Gasteiger partial charge in [0.15, 0.2) is 0 Å². The summed E-state index contributed by atoms with van der Waals surface area (Å²) in [5, 5.41) is 1.00. The fourth-order valence-electron chi connectivity index (χ4n) is 2.40. The van der Waals surface area contributed by atoms with Crippen molar-refractivity contribution >= 4 is 40.5 Å². The SMILES string of the molecule is Nc1ccc2c(c1)CC(=O)N2Cc1ccc(Cl)c(Cl)c1. The van der Waals surface area contributed by atoms with Crippen LogP contribution in [-0.2, 0) is 17.8 Å². The summed E-state index contributed by atoms with van der Waals surface area (Å²) in [6.45, 7) is 0.479. The van der Waals surface area contributed by atoms with Crippen LogP contribution >= 0.6 is 23.2 Å². The molecule has 2 aromatic rings. The lowest BCUT2D eigenvalue weighted by atomic mass is 10.1. The number of rotatable bonds is 2. The van der Waals surface area contributed by atoms with Gasteiger partial charge in [0.2, 0.25) is 5.91 Å². The molecule has 5 heteroatoms. The summed E-state index contributed by atoms with van der Waals surface area (Å²) in [5.74, 6) is 0.0664. The molecule has 0 aromatic heterocycles. The first-order valence-corrected chi connectivity index (χ1v) is 6.93. The molecule has 1 aliphatic heterocycles. The largest absolute Gasteiger partial charge is 0.399 e. The predicted octanol–water partition coefficient (Wildman–Crippen LogP) is 3.66. The Bertz CT molecular complexity index is 700. The second-order valence-electron chi connectivity index (χ2n) is 4.79. The van der Waals surface area contributed by atoms with Crippen molar-refractivity contribution in [2.75, 3.05) is 10.6 Å². The third kappa shape index (κ3) is 2.35. The number of anilines is 2. The van der Waals surface area contributed by atoms with Gasteiger partial charge in [-0.15, -0.1) is 0 Å². The number of hydrogen-bond donors (Lipinski definition) is 1. The smallest absolute Gasteiger partial charge is 0.231 e. The first-order valence-electron chi connectivity index (χ1n) is 6.17. The molecular formula is C15H12Cl2N2O. The molecule has 0 aliphatic carbocycles. The Balaban J connectivity index is 1.92. The van der Waals surface area contributed by atoms with Crippen LogP contribution in [0.25, 0.3) is 0 Å². The van der Waals surface area contributed by atoms with E-state index in [-0.39, 0.29) is 5.91 Å². The molecule has 3 rings (SSSR count). The van der Waals surface area contributed by atoms with Crippen molar-refractivity contribution in [2.24, 2.45) is 0 Å². The van der Waals surface area contributed by atoms with Crippen molar-refractivity contribution in [3.8, 4) is 0 Å². The summed E-state index contributed by atoms with van der Waals surface area (Å²) in [6, 6.07) is 10.9. The maximum Gasteiger partial charge on any atom is 0.231 e. The average Bonchev–Trinajstić information content (AvgIpc) is 2.69. The molecule has 0 saturated carbocycles. The highest BCUT2D eigenvalue weighted by Crippen LogP contribution is 2.32. The molecule has 2 aromatic carbocycles. The van der Waals surface area contributed by atoms with E-state index in [0.29, 0.717) is 28.7 Å². The van der Waals surface area contributed by atoms with Gasteiger partial charge in [0, 0.05) is 11.4 Å². The highest BCUT2D eigenvalue weighted by molar-refractivity contribution is 6.42. The van der Waals surface area contributed by atoms with Crippen molar-refractivity contribution in [2.45, 2.75) is 13.0 Å². The quantitative estimate of drug-likeness (QED) is 0.861. The van der Waals surface area contributed by atoms with E-state index in [9.17, 15) is 4.79 Å². The number of hydrogen-bond acceptors (Lipinski definition) is 2. The van der Waals surface area contributed by atoms with Crippen LogP contribution in [0.4, 0.5) is 11.4 Å². The Morgan fingerprint density at radius 3 is 2.65 bits per heavy atom. The third-order valence-corrected chi connectivity index (χ3v) is 4.10. The lowest BCUT2D eigenvalue weighted by molar-refractivity contribution is -0.117. The lowest BCUT2D eigenvalue weighted by Gasteiger charge is -2.18. The average molecular weight is 307 g/mol. The van der Waals surface area contributed by atoms with Crippen molar-refractivity contribution in [1.29, 1.82) is 0 Å². The molecule has 0 unspecified atom stereocenters. The van der Waals surface area contributed by atoms with Crippen molar-refractivity contribution in [3.63, 3.8) is 0 Å². The minimum absolute atomic E-state index is 0.0664. The van der Waals surface area contributed by atoms with Gasteiger partial charge < -0.3 is 10.6 Å². The van der Waals surface area contributed by atoms with Crippen molar-refractivity contribution < 1.29 is 4.79 Å². The Morgan fingerprint density at radius 2 is 1.90 bits per heavy atom. The van der Waals surface area contributed by atoms with Gasteiger partial charge in [-0.25, -0.2) is 0 Å². The van der Waals surface area contributed by atoms with E-state index in [1.165, 1.54) is 0 Å². The van der Waals surface area contributed by atoms with E-state index in [2.05, 4.69) is 0 Å². The molecule has 20 heavy (non-hydrogen) atoms. The fourth-order valence-corrected chi connectivity index (χ4v) is 2.72. The number of amides is 1. The number of nitrogen functional groups attached to an aromatic ring is 1. The number of benzene rings is 2. The number of fused-ring (bicyclic) bond motifs is 1. The second-order valence-corrected chi connectivity index (χ2v) is 5.61. The zero-order chi connectivity index (χ0) is 14.3. The predicted molar refractivity (Wildman–Crippen MR) is 82.2 cm³/mol. The summed E-state index contributed by atoms with van der Waals surface area (Å²) in [6.07, 6.45) is 0.391. The zero-order valence-corrected chi connectivity index (χ0v) is 12.1. The standard InChI is InChI=1S/C15H12Cl2N2O/c16-12-3-1-9(5-13(12)17)8-19-14-4-2-11(18)6-10(14)7-15(19)20/h1-6H,7-8,18H2. The van der Waals surface area contributed by atoms with Crippen LogP contribution in [0.1, 0.15) is 11.1 Å². The fraction of sp³-hybridized carbons (Fsp3) is 0.133. The number of halogens is 2. The molecule has 1 amide bonds. The maximum absolute atomic E-state index is 12.1. The second kappa shape index (κ2) is 5.00. The summed E-state index contributed by atoms with van der Waals surface area (Å²) < 4.78 is 0. The number of nitrogens with zero attached hydrogens (tertiary/aromatic N) is 1. The number of carbonyl (C=O) groups excluding carboxylic acids is 1. The summed E-state index contributed by atoms with van der Waals surface area (Å²) >= 11 is 11.9. The van der Waals surface area contributed by atoms with Crippen molar-refractivity contribution in [1.82, 2.24) is 0 Å². The van der Waals surface area contributed by atoms with Gasteiger partial charge in [-0.1, -0.05) is 29.3 Å². The van der Waals surface area contributed by atoms with Gasteiger partial charge in [-0.05, 0) is 41.5 Å². The van der Waals surface area contributed by atoms with Gasteiger partial charge in [0.05, 0.1) is 23.0 Å². The van der Waals surface area contributed by atoms with Crippen LogP contribution in [-0.4, -0.2) is 5.91 Å². The van der Waals surface area contributed by atoms with Crippen LogP contribution in [0.2, 0.25) is 10.0 Å². The summed E-state index contributed by atoms with van der Waals surface area (Å²) in [5.41, 5.74) is 9.24. The molecule has 0 saturated heterocycles. The molecule has 0 fully saturated rings. The van der Waals surface area contributed by atoms with Gasteiger partial charge >= 0.3 is 0 Å². The topological polar surface area (TPSA) is 46.3 Å². The van der Waals surface area contributed by atoms with Crippen molar-refractivity contribution in [3.05, 3.63) is 57.6 Å². The van der Waals surface area contributed by atoms with Crippen LogP contribution in [0.15, 0.2) is 36.4 Å². The first-order chi connectivity index (χ1) is 9.54. The van der Waals surface area contributed by atoms with Crippen LogP contribution in [0, 0.1) is 0 Å². The van der Waals surface area contributed by atoms with E-state index < -0.39 is 0 Å². The zero-order valence-electron chi connectivity index (χ0n) is 10.6. The normalized spacial score (nSPS) is 13.7. The highest BCUT2D eigenvalue weighted by atomic mass is 35.5. The molecule has 0 spiro atoms. The third-order valence-electron chi connectivity index (χ3n) is 3.36. The molecule has 2 N–H and O–H groups in total. The van der Waals surface area contributed by atoms with Gasteiger partial charge in [0.25, 0.3) is 0 Å².